The number of thiol groups is 1. The number of rotatable bonds is 1. The Balaban J connectivity index is 0.000000184. The molecule has 0 aromatic carbocycles. The van der Waals surface area contributed by atoms with Crippen molar-refractivity contribution in [2.75, 3.05) is 0 Å². The molecule has 2 aliphatic rings. The largest absolute Gasteiger partial charge is 0.364 e. The number of fused-ring (bicyclic) bond motifs is 1. The summed E-state index contributed by atoms with van der Waals surface area (Å²) in [5.74, 6) is 0. The van der Waals surface area contributed by atoms with Gasteiger partial charge in [0.15, 0.2) is 6.29 Å². The molecule has 6 heteroatoms. The predicted molar refractivity (Wildman–Crippen MR) is 45.6 cm³/mol. The lowest BCUT2D eigenvalue weighted by molar-refractivity contribution is -0.0422. The Labute approximate surface area is 76.0 Å². The second kappa shape index (κ2) is 3.84. The average Bonchev–Trinajstić information content (AvgIpc) is 2.57. The molecular weight excluding hydrogens is 196 g/mol. The normalized spacial score (nSPS) is 11.2. The molecule has 0 fully saturated rings. The molecule has 0 amide bonds. The van der Waals surface area contributed by atoms with Gasteiger partial charge >= 0.3 is 0 Å². The molecule has 0 atom stereocenters. The van der Waals surface area contributed by atoms with Gasteiger partial charge in [0.25, 0.3) is 11.0 Å². The molecular formula is C7H8O5S. The lowest BCUT2D eigenvalue weighted by atomic mass is 10.3. The van der Waals surface area contributed by atoms with Crippen LogP contribution in [-0.4, -0.2) is 23.2 Å². The molecule has 0 heterocycles. The van der Waals surface area contributed by atoms with Crippen LogP contribution in [0, 0.1) is 0 Å². The van der Waals surface area contributed by atoms with Crippen molar-refractivity contribution in [2.24, 2.45) is 0 Å². The molecule has 0 aromatic rings. The summed E-state index contributed by atoms with van der Waals surface area (Å²) in [7, 11) is -3.12. The highest BCUT2D eigenvalue weighted by atomic mass is 32.2. The van der Waals surface area contributed by atoms with Crippen molar-refractivity contribution in [2.45, 2.75) is 6.29 Å². The molecule has 3 N–H and O–H groups in total. The monoisotopic (exact) mass is 204 g/mol. The van der Waals surface area contributed by atoms with Crippen LogP contribution in [0.5, 0.6) is 0 Å². The first kappa shape index (κ1) is 10.1. The maximum absolute atomic E-state index is 8.61. The minimum atomic E-state index is -3.12. The molecule has 0 saturated heterocycles. The van der Waals surface area contributed by atoms with E-state index >= 15 is 0 Å². The van der Waals surface area contributed by atoms with E-state index in [1.165, 1.54) is 0 Å². The van der Waals surface area contributed by atoms with Gasteiger partial charge in [-0.15, -0.1) is 0 Å². The molecule has 0 aromatic heterocycles. The van der Waals surface area contributed by atoms with E-state index in [-0.39, 0.29) is 0 Å². The molecule has 2 rings (SSSR count). The number of hydrogen-bond donors (Lipinski definition) is 4. The summed E-state index contributed by atoms with van der Waals surface area (Å²) in [6.45, 7) is 0. The van der Waals surface area contributed by atoms with Crippen molar-refractivity contribution in [1.29, 1.82) is 0 Å². The second-order valence-electron chi connectivity index (χ2n) is 2.46. The Bertz CT molecular complexity index is 354. The van der Waals surface area contributed by atoms with Crippen molar-refractivity contribution >= 4 is 11.0 Å². The Kier molecular flexibility index (Phi) is 2.99. The number of aliphatic hydroxyl groups is 2. The molecule has 0 bridgehead atoms. The van der Waals surface area contributed by atoms with E-state index in [0.717, 1.165) is 11.1 Å². The number of aliphatic hydroxyl groups excluding tert-OH is 1. The molecule has 2 aliphatic carbocycles. The first-order chi connectivity index (χ1) is 6.00. The van der Waals surface area contributed by atoms with Gasteiger partial charge in [0.2, 0.25) is 0 Å². The summed E-state index contributed by atoms with van der Waals surface area (Å²) < 4.78 is 24.2. The molecule has 0 radical (unpaired) electrons. The maximum atomic E-state index is 8.61. The zero-order chi connectivity index (χ0) is 10.0. The fourth-order valence-corrected chi connectivity index (χ4v) is 0.931. The van der Waals surface area contributed by atoms with Gasteiger partial charge in [-0.1, -0.05) is 0 Å². The zero-order valence-corrected chi connectivity index (χ0v) is 7.31. The van der Waals surface area contributed by atoms with Crippen LogP contribution in [0.2, 0.25) is 0 Å². The van der Waals surface area contributed by atoms with Crippen LogP contribution in [0.3, 0.4) is 0 Å². The number of benzene rings is 1. The van der Waals surface area contributed by atoms with E-state index in [9.17, 15) is 0 Å². The third-order valence-corrected chi connectivity index (χ3v) is 1.50. The lowest BCUT2D eigenvalue weighted by Gasteiger charge is -1.96. The quantitative estimate of drug-likeness (QED) is 0.291. The first-order valence-electron chi connectivity index (χ1n) is 3.35. The SMILES string of the molecule is O=[SH](=O)O.OC(O)c1cc2cc-2c1. The van der Waals surface area contributed by atoms with Gasteiger partial charge in [0.1, 0.15) is 0 Å². The first-order valence-corrected chi connectivity index (χ1v) is 4.48. The van der Waals surface area contributed by atoms with Gasteiger partial charge in [-0.05, 0) is 29.3 Å². The minimum Gasteiger partial charge on any atom is -0.364 e. The molecule has 5 nitrogen and oxygen atoms in total. The molecule has 0 aliphatic heterocycles. The zero-order valence-electron chi connectivity index (χ0n) is 6.41. The summed E-state index contributed by atoms with van der Waals surface area (Å²) in [5.41, 5.74) is 2.87. The molecule has 13 heavy (non-hydrogen) atoms. The van der Waals surface area contributed by atoms with Crippen molar-refractivity contribution in [3.63, 3.8) is 0 Å². The summed E-state index contributed by atoms with van der Waals surface area (Å²) >= 11 is 0. The average molecular weight is 204 g/mol. The minimum absolute atomic E-state index is 0.600. The van der Waals surface area contributed by atoms with E-state index in [4.69, 9.17) is 23.2 Å². The molecule has 0 unspecified atom stereocenters. The van der Waals surface area contributed by atoms with E-state index < -0.39 is 17.3 Å². The van der Waals surface area contributed by atoms with E-state index in [1.54, 1.807) is 12.1 Å². The van der Waals surface area contributed by atoms with Crippen LogP contribution in [0.25, 0.3) is 11.1 Å². The predicted octanol–water partition coefficient (Wildman–Crippen LogP) is -0.279. The topological polar surface area (TPSA) is 94.8 Å². The van der Waals surface area contributed by atoms with Crippen LogP contribution in [0.15, 0.2) is 18.2 Å². The van der Waals surface area contributed by atoms with Crippen LogP contribution >= 0.6 is 0 Å². The highest BCUT2D eigenvalue weighted by Crippen LogP contribution is 2.37. The Morgan fingerprint density at radius 2 is 1.46 bits per heavy atom. The van der Waals surface area contributed by atoms with Crippen molar-refractivity contribution in [1.82, 2.24) is 0 Å². The van der Waals surface area contributed by atoms with Gasteiger partial charge < -0.3 is 10.2 Å². The highest BCUT2D eigenvalue weighted by Gasteiger charge is 2.16. The second-order valence-corrected chi connectivity index (χ2v) is 2.93. The van der Waals surface area contributed by atoms with Crippen LogP contribution < -0.4 is 0 Å². The smallest absolute Gasteiger partial charge is 0.254 e. The van der Waals surface area contributed by atoms with Crippen molar-refractivity contribution in [3.8, 4) is 11.1 Å². The molecule has 72 valence electrons. The lowest BCUT2D eigenvalue weighted by Crippen LogP contribution is -1.90. The summed E-state index contributed by atoms with van der Waals surface area (Å²) in [5, 5.41) is 17.2. The van der Waals surface area contributed by atoms with Crippen LogP contribution in [-0.2, 0) is 11.0 Å². The van der Waals surface area contributed by atoms with Crippen LogP contribution in [0.1, 0.15) is 11.9 Å². The van der Waals surface area contributed by atoms with Crippen molar-refractivity contribution in [3.05, 3.63) is 23.8 Å². The summed E-state index contributed by atoms with van der Waals surface area (Å²) in [4.78, 5) is 0. The van der Waals surface area contributed by atoms with E-state index in [0.29, 0.717) is 5.56 Å². The highest BCUT2D eigenvalue weighted by molar-refractivity contribution is 7.66. The van der Waals surface area contributed by atoms with E-state index in [2.05, 4.69) is 0 Å². The van der Waals surface area contributed by atoms with Gasteiger partial charge in [-0.3, -0.25) is 4.55 Å². The summed E-state index contributed by atoms with van der Waals surface area (Å²) in [6.07, 6.45) is -1.30. The van der Waals surface area contributed by atoms with Gasteiger partial charge in [0, 0.05) is 5.56 Å². The third kappa shape index (κ3) is 3.11. The molecule has 0 spiro atoms. The van der Waals surface area contributed by atoms with Crippen molar-refractivity contribution < 1.29 is 23.2 Å². The standard InChI is InChI=1S/C7H6O2.H2O3S/c8-7(9)6-2-4-1-5(4)3-6;1-4(2)3/h1-3,7-9H;4H,(H,1,2,3). The Morgan fingerprint density at radius 3 is 1.69 bits per heavy atom. The molecule has 0 saturated carbocycles. The van der Waals surface area contributed by atoms with Gasteiger partial charge in [-0.2, -0.15) is 0 Å². The Hall–Kier alpha value is -0.950. The third-order valence-electron chi connectivity index (χ3n) is 1.50. The fourth-order valence-electron chi connectivity index (χ4n) is 0.931. The summed E-state index contributed by atoms with van der Waals surface area (Å²) in [6, 6.07) is 5.55. The fraction of sp³-hybridized carbons (Fsp3) is 0.143. The number of hydrogen-bond acceptors (Lipinski definition) is 4. The maximum Gasteiger partial charge on any atom is 0.254 e. The van der Waals surface area contributed by atoms with Gasteiger partial charge in [-0.25, -0.2) is 8.42 Å². The Morgan fingerprint density at radius 1 is 1.08 bits per heavy atom. The van der Waals surface area contributed by atoms with Crippen LogP contribution in [0.4, 0.5) is 0 Å². The van der Waals surface area contributed by atoms with Gasteiger partial charge in [0.05, 0.1) is 0 Å². The van der Waals surface area contributed by atoms with E-state index in [1.807, 2.05) is 6.07 Å².